The standard InChI is InChI=1S/C22H27ClN6O/c1-27-10-12-28(13-11-27)14-15-29-22-19(18(26-29)9-6-16-30-2)20(23)21(24-25-22)17-7-4-3-5-8-17/h3-9H,10-16H2,1-2H3. The predicted octanol–water partition coefficient (Wildman–Crippen LogP) is 3.05. The van der Waals surface area contributed by atoms with Gasteiger partial charge >= 0.3 is 0 Å². The van der Waals surface area contributed by atoms with Crippen molar-refractivity contribution in [2.45, 2.75) is 6.54 Å². The Bertz CT molecular complexity index is 1010. The van der Waals surface area contributed by atoms with Gasteiger partial charge in [-0.25, -0.2) is 4.68 Å². The first-order valence-corrected chi connectivity index (χ1v) is 10.6. The number of aromatic nitrogens is 4. The van der Waals surface area contributed by atoms with Gasteiger partial charge in [-0.05, 0) is 13.1 Å². The molecule has 30 heavy (non-hydrogen) atoms. The smallest absolute Gasteiger partial charge is 0.182 e. The fourth-order valence-electron chi connectivity index (χ4n) is 3.66. The normalized spacial score (nSPS) is 16.1. The average Bonchev–Trinajstić information content (AvgIpc) is 3.13. The Labute approximate surface area is 181 Å². The van der Waals surface area contributed by atoms with E-state index in [1.807, 2.05) is 47.2 Å². The highest BCUT2D eigenvalue weighted by atomic mass is 35.5. The second kappa shape index (κ2) is 9.66. The van der Waals surface area contributed by atoms with E-state index in [4.69, 9.17) is 21.4 Å². The number of benzene rings is 1. The third kappa shape index (κ3) is 4.54. The lowest BCUT2D eigenvalue weighted by atomic mass is 10.1. The van der Waals surface area contributed by atoms with Gasteiger partial charge in [-0.1, -0.05) is 48.0 Å². The number of halogens is 1. The van der Waals surface area contributed by atoms with Gasteiger partial charge in [-0.15, -0.1) is 10.2 Å². The van der Waals surface area contributed by atoms with Crippen molar-refractivity contribution in [2.24, 2.45) is 0 Å². The maximum Gasteiger partial charge on any atom is 0.182 e. The highest BCUT2D eigenvalue weighted by molar-refractivity contribution is 6.38. The van der Waals surface area contributed by atoms with Crippen LogP contribution in [0.2, 0.25) is 5.02 Å². The molecular weight excluding hydrogens is 400 g/mol. The Morgan fingerprint density at radius 3 is 2.57 bits per heavy atom. The predicted molar refractivity (Wildman–Crippen MR) is 121 cm³/mol. The fourth-order valence-corrected chi connectivity index (χ4v) is 3.99. The van der Waals surface area contributed by atoms with Gasteiger partial charge in [0.2, 0.25) is 0 Å². The molecule has 1 aliphatic rings. The maximum atomic E-state index is 6.84. The van der Waals surface area contributed by atoms with E-state index in [0.717, 1.165) is 55.9 Å². The molecule has 0 spiro atoms. The summed E-state index contributed by atoms with van der Waals surface area (Å²) >= 11 is 6.84. The topological polar surface area (TPSA) is 59.3 Å². The van der Waals surface area contributed by atoms with E-state index in [2.05, 4.69) is 27.0 Å². The minimum Gasteiger partial charge on any atom is -0.381 e. The van der Waals surface area contributed by atoms with Gasteiger partial charge in [0.15, 0.2) is 5.65 Å². The summed E-state index contributed by atoms with van der Waals surface area (Å²) in [5, 5.41) is 15.2. The molecule has 3 heterocycles. The third-order valence-corrected chi connectivity index (χ3v) is 5.80. The van der Waals surface area contributed by atoms with Crippen LogP contribution in [-0.2, 0) is 11.3 Å². The van der Waals surface area contributed by atoms with Crippen LogP contribution in [-0.4, -0.2) is 83.3 Å². The van der Waals surface area contributed by atoms with E-state index in [9.17, 15) is 0 Å². The second-order valence-corrected chi connectivity index (χ2v) is 7.92. The van der Waals surface area contributed by atoms with Crippen LogP contribution in [0.1, 0.15) is 5.69 Å². The van der Waals surface area contributed by atoms with Crippen molar-refractivity contribution in [3.8, 4) is 11.3 Å². The summed E-state index contributed by atoms with van der Waals surface area (Å²) in [6.07, 6.45) is 3.88. The van der Waals surface area contributed by atoms with Crippen molar-refractivity contribution in [3.63, 3.8) is 0 Å². The molecule has 1 aliphatic heterocycles. The van der Waals surface area contributed by atoms with Crippen LogP contribution in [0.3, 0.4) is 0 Å². The van der Waals surface area contributed by atoms with Crippen LogP contribution in [0, 0.1) is 0 Å². The van der Waals surface area contributed by atoms with Gasteiger partial charge < -0.3 is 9.64 Å². The average molecular weight is 427 g/mol. The van der Waals surface area contributed by atoms with Gasteiger partial charge in [-0.3, -0.25) is 4.90 Å². The molecule has 0 atom stereocenters. The first-order chi connectivity index (χ1) is 14.7. The zero-order chi connectivity index (χ0) is 20.9. The Balaban J connectivity index is 1.68. The van der Waals surface area contributed by atoms with Crippen molar-refractivity contribution in [1.29, 1.82) is 0 Å². The van der Waals surface area contributed by atoms with Crippen LogP contribution in [0.5, 0.6) is 0 Å². The minimum absolute atomic E-state index is 0.511. The molecule has 2 aromatic heterocycles. The lowest BCUT2D eigenvalue weighted by Gasteiger charge is -2.32. The molecule has 0 N–H and O–H groups in total. The van der Waals surface area contributed by atoms with Gasteiger partial charge in [-0.2, -0.15) is 5.10 Å². The summed E-state index contributed by atoms with van der Waals surface area (Å²) in [5.41, 5.74) is 3.11. The number of hydrogen-bond acceptors (Lipinski definition) is 6. The van der Waals surface area contributed by atoms with Crippen molar-refractivity contribution in [2.75, 3.05) is 53.5 Å². The highest BCUT2D eigenvalue weighted by Crippen LogP contribution is 2.33. The number of hydrogen-bond donors (Lipinski definition) is 0. The summed E-state index contributed by atoms with van der Waals surface area (Å²) in [4.78, 5) is 4.82. The van der Waals surface area contributed by atoms with Crippen molar-refractivity contribution in [3.05, 3.63) is 47.1 Å². The van der Waals surface area contributed by atoms with E-state index < -0.39 is 0 Å². The third-order valence-electron chi connectivity index (χ3n) is 5.43. The molecule has 0 saturated carbocycles. The SMILES string of the molecule is COCC=Cc1nn(CCN2CCN(C)CC2)c2nnc(-c3ccccc3)c(Cl)c12. The van der Waals surface area contributed by atoms with E-state index in [-0.39, 0.29) is 0 Å². The number of rotatable bonds is 7. The van der Waals surface area contributed by atoms with Gasteiger partial charge in [0.05, 0.1) is 29.3 Å². The molecule has 1 fully saturated rings. The van der Waals surface area contributed by atoms with E-state index in [0.29, 0.717) is 23.0 Å². The molecule has 8 heteroatoms. The first kappa shape index (κ1) is 20.9. The van der Waals surface area contributed by atoms with E-state index in [1.165, 1.54) is 0 Å². The molecule has 3 aromatic rings. The lowest BCUT2D eigenvalue weighted by molar-refractivity contribution is 0.149. The minimum atomic E-state index is 0.511. The summed E-state index contributed by atoms with van der Waals surface area (Å²) in [6.45, 7) is 6.51. The van der Waals surface area contributed by atoms with Crippen LogP contribution in [0.25, 0.3) is 28.4 Å². The van der Waals surface area contributed by atoms with Gasteiger partial charge in [0.1, 0.15) is 5.69 Å². The summed E-state index contributed by atoms with van der Waals surface area (Å²) in [5.74, 6) is 0. The molecule has 0 unspecified atom stereocenters. The van der Waals surface area contributed by atoms with Crippen molar-refractivity contribution in [1.82, 2.24) is 29.8 Å². The number of likely N-dealkylation sites (N-methyl/N-ethyl adjacent to an activating group) is 1. The number of methoxy groups -OCH3 is 1. The zero-order valence-electron chi connectivity index (χ0n) is 17.5. The second-order valence-electron chi connectivity index (χ2n) is 7.54. The Hall–Kier alpha value is -2.32. The van der Waals surface area contributed by atoms with Crippen molar-refractivity contribution >= 4 is 28.7 Å². The van der Waals surface area contributed by atoms with Crippen LogP contribution >= 0.6 is 11.6 Å². The van der Waals surface area contributed by atoms with Crippen molar-refractivity contribution < 1.29 is 4.74 Å². The Morgan fingerprint density at radius 2 is 1.83 bits per heavy atom. The number of nitrogens with zero attached hydrogens (tertiary/aromatic N) is 6. The zero-order valence-corrected chi connectivity index (χ0v) is 18.2. The van der Waals surface area contributed by atoms with Crippen LogP contribution < -0.4 is 0 Å². The monoisotopic (exact) mass is 426 g/mol. The van der Waals surface area contributed by atoms with E-state index >= 15 is 0 Å². The van der Waals surface area contributed by atoms with Crippen LogP contribution in [0.15, 0.2) is 36.4 Å². The summed E-state index contributed by atoms with van der Waals surface area (Å²) < 4.78 is 7.07. The maximum absolute atomic E-state index is 6.84. The Kier molecular flexibility index (Phi) is 6.74. The Morgan fingerprint density at radius 1 is 1.07 bits per heavy atom. The molecule has 7 nitrogen and oxygen atoms in total. The molecule has 4 rings (SSSR count). The number of ether oxygens (including phenoxy) is 1. The van der Waals surface area contributed by atoms with Gasteiger partial charge in [0.25, 0.3) is 0 Å². The molecule has 158 valence electrons. The quantitative estimate of drug-likeness (QED) is 0.578. The molecule has 0 bridgehead atoms. The van der Waals surface area contributed by atoms with E-state index in [1.54, 1.807) is 7.11 Å². The summed E-state index contributed by atoms with van der Waals surface area (Å²) in [6, 6.07) is 9.88. The lowest BCUT2D eigenvalue weighted by Crippen LogP contribution is -2.45. The summed E-state index contributed by atoms with van der Waals surface area (Å²) in [7, 11) is 3.84. The highest BCUT2D eigenvalue weighted by Gasteiger charge is 2.20. The molecule has 0 radical (unpaired) electrons. The molecular formula is C22H27ClN6O. The number of piperazine rings is 1. The van der Waals surface area contributed by atoms with Crippen LogP contribution in [0.4, 0.5) is 0 Å². The fraction of sp³-hybridized carbons (Fsp3) is 0.409. The molecule has 0 amide bonds. The largest absolute Gasteiger partial charge is 0.381 e. The molecule has 0 aliphatic carbocycles. The number of fused-ring (bicyclic) bond motifs is 1. The molecule has 1 aromatic carbocycles. The molecule has 1 saturated heterocycles. The first-order valence-electron chi connectivity index (χ1n) is 10.2. The van der Waals surface area contributed by atoms with Gasteiger partial charge in [0, 0.05) is 45.4 Å².